The van der Waals surface area contributed by atoms with E-state index in [-0.39, 0.29) is 19.6 Å². The Bertz CT molecular complexity index is 1080. The van der Waals surface area contributed by atoms with Gasteiger partial charge in [0, 0.05) is 19.1 Å². The zero-order valence-electron chi connectivity index (χ0n) is 24.7. The van der Waals surface area contributed by atoms with Crippen molar-refractivity contribution in [1.29, 1.82) is 0 Å². The minimum atomic E-state index is -5.14. The van der Waals surface area contributed by atoms with Crippen LogP contribution >= 0.6 is 0 Å². The first kappa shape index (κ1) is 34.9. The number of benzene rings is 1. The van der Waals surface area contributed by atoms with Gasteiger partial charge in [-0.15, -0.1) is 0 Å². The van der Waals surface area contributed by atoms with E-state index in [0.717, 1.165) is 19.2 Å². The second-order valence-corrected chi connectivity index (χ2v) is 11.6. The first-order chi connectivity index (χ1) is 18.3. The lowest BCUT2D eigenvalue weighted by Gasteiger charge is -2.34. The van der Waals surface area contributed by atoms with Crippen LogP contribution < -0.4 is 0 Å². The molecule has 0 amide bonds. The fourth-order valence-corrected chi connectivity index (χ4v) is 3.29. The van der Waals surface area contributed by atoms with Gasteiger partial charge >= 0.3 is 24.1 Å². The van der Waals surface area contributed by atoms with Gasteiger partial charge in [0.25, 0.3) is 5.60 Å². The average molecular weight is 571 g/mol. The summed E-state index contributed by atoms with van der Waals surface area (Å²) in [6, 6.07) is 6.50. The predicted molar refractivity (Wildman–Crippen MR) is 144 cm³/mol. The van der Waals surface area contributed by atoms with E-state index >= 15 is 0 Å². The number of ether oxygens (including phenoxy) is 4. The maximum Gasteiger partial charge on any atom is 0.432 e. The van der Waals surface area contributed by atoms with E-state index in [9.17, 15) is 27.6 Å². The Labute approximate surface area is 234 Å². The highest BCUT2D eigenvalue weighted by Gasteiger charge is 2.64. The lowest BCUT2D eigenvalue weighted by Crippen LogP contribution is -2.52. The van der Waals surface area contributed by atoms with Gasteiger partial charge in [0.1, 0.15) is 19.3 Å². The Kier molecular flexibility index (Phi) is 12.2. The molecule has 0 saturated carbocycles. The quantitative estimate of drug-likeness (QED) is 0.171. The Hall–Kier alpha value is -3.14. The molecule has 0 aliphatic carbocycles. The smallest absolute Gasteiger partial charge is 0.432 e. The Balaban J connectivity index is 3.33. The summed E-state index contributed by atoms with van der Waals surface area (Å²) < 4.78 is 64.0. The van der Waals surface area contributed by atoms with Crippen LogP contribution in [0.15, 0.2) is 53.6 Å². The predicted octanol–water partition coefficient (Wildman–Crippen LogP) is 6.46. The number of halogens is 3. The number of methoxy groups -OCH3 is 1. The molecule has 1 rings (SSSR count). The molecule has 0 aromatic heterocycles. The van der Waals surface area contributed by atoms with Gasteiger partial charge in [-0.05, 0) is 72.6 Å². The normalized spacial score (nSPS) is 15.6. The molecule has 0 N–H and O–H groups in total. The van der Waals surface area contributed by atoms with E-state index in [1.54, 1.807) is 61.5 Å². The van der Waals surface area contributed by atoms with Gasteiger partial charge in [-0.25, -0.2) is 4.79 Å². The molecule has 0 unspecified atom stereocenters. The van der Waals surface area contributed by atoms with Crippen LogP contribution in [0.1, 0.15) is 67.4 Å². The van der Waals surface area contributed by atoms with Crippen LogP contribution in [0, 0.1) is 10.8 Å². The van der Waals surface area contributed by atoms with Gasteiger partial charge in [0.2, 0.25) is 0 Å². The van der Waals surface area contributed by atoms with E-state index in [2.05, 4.69) is 0 Å². The van der Waals surface area contributed by atoms with Gasteiger partial charge in [-0.3, -0.25) is 9.59 Å². The third kappa shape index (κ3) is 9.50. The molecule has 2 atom stereocenters. The lowest BCUT2D eigenvalue weighted by molar-refractivity contribution is -0.277. The molecule has 224 valence electrons. The molecule has 0 aliphatic heterocycles. The molecule has 0 fully saturated rings. The maximum absolute atomic E-state index is 14.4. The number of alkyl halides is 3. The summed E-state index contributed by atoms with van der Waals surface area (Å²) in [5.74, 6) is -2.54. The summed E-state index contributed by atoms with van der Waals surface area (Å²) in [6.45, 7) is 13.2. The second-order valence-electron chi connectivity index (χ2n) is 11.6. The summed E-state index contributed by atoms with van der Waals surface area (Å²) in [6.07, 6.45) is -3.27. The number of hydrogen-bond acceptors (Lipinski definition) is 7. The molecule has 1 aromatic rings. The van der Waals surface area contributed by atoms with Gasteiger partial charge in [-0.1, -0.05) is 36.4 Å². The molecule has 40 heavy (non-hydrogen) atoms. The zero-order chi connectivity index (χ0) is 30.9. The van der Waals surface area contributed by atoms with E-state index in [1.807, 2.05) is 0 Å². The summed E-state index contributed by atoms with van der Waals surface area (Å²) in [4.78, 5) is 37.5. The van der Waals surface area contributed by atoms with Crippen molar-refractivity contribution in [3.8, 4) is 0 Å². The molecule has 10 heteroatoms. The summed E-state index contributed by atoms with van der Waals surface area (Å²) >= 11 is 0. The molecular formula is C30H41F3O7. The number of rotatable bonds is 11. The molecule has 0 aliphatic rings. The number of hydrogen-bond donors (Lipinski definition) is 0. The average Bonchev–Trinajstić information content (AvgIpc) is 2.84. The van der Waals surface area contributed by atoms with Crippen LogP contribution in [0.25, 0.3) is 0 Å². The van der Waals surface area contributed by atoms with Crippen LogP contribution in [0.3, 0.4) is 0 Å². The summed E-state index contributed by atoms with van der Waals surface area (Å²) in [7, 11) is 0.791. The highest BCUT2D eigenvalue weighted by Crippen LogP contribution is 2.43. The third-order valence-electron chi connectivity index (χ3n) is 5.89. The maximum atomic E-state index is 14.4. The van der Waals surface area contributed by atoms with Gasteiger partial charge in [0.05, 0.1) is 10.8 Å². The van der Waals surface area contributed by atoms with Gasteiger partial charge in [0.15, 0.2) is 0 Å². The molecule has 0 bridgehead atoms. The molecule has 0 heterocycles. The van der Waals surface area contributed by atoms with Crippen molar-refractivity contribution in [1.82, 2.24) is 0 Å². The summed E-state index contributed by atoms with van der Waals surface area (Å²) in [5, 5.41) is 0. The first-order valence-electron chi connectivity index (χ1n) is 12.8. The van der Waals surface area contributed by atoms with Crippen LogP contribution in [0.5, 0.6) is 0 Å². The van der Waals surface area contributed by atoms with Gasteiger partial charge in [-0.2, -0.15) is 13.2 Å². The molecular weight excluding hydrogens is 529 g/mol. The largest absolute Gasteiger partial charge is 0.461 e. The Morgan fingerprint density at radius 3 is 1.82 bits per heavy atom. The highest BCUT2D eigenvalue weighted by molar-refractivity contribution is 5.83. The highest BCUT2D eigenvalue weighted by atomic mass is 19.4. The third-order valence-corrected chi connectivity index (χ3v) is 5.89. The van der Waals surface area contributed by atoms with Crippen molar-refractivity contribution in [2.45, 2.75) is 79.7 Å². The van der Waals surface area contributed by atoms with E-state index in [4.69, 9.17) is 18.9 Å². The van der Waals surface area contributed by atoms with Crippen molar-refractivity contribution in [2.75, 3.05) is 20.3 Å². The molecule has 0 saturated heterocycles. The standard InChI is InChI=1S/C30H41F3O7/c1-20(19-39-25(35)28(6,7)8)15-16-23(21(2)17-18-38-24(34)27(3,4)5)40-26(36)29(37-9,30(31,32)33)22-13-11-10-12-14-22/h10-15,17,23H,16,18-19H2,1-9H3/b20-15+,21-17+/t23-,29-/m1/s1. The zero-order valence-corrected chi connectivity index (χ0v) is 24.7. The van der Waals surface area contributed by atoms with E-state index in [1.165, 1.54) is 24.3 Å². The molecule has 1 aromatic carbocycles. The van der Waals surface area contributed by atoms with Crippen LogP contribution in [-0.4, -0.2) is 50.5 Å². The van der Waals surface area contributed by atoms with Crippen molar-refractivity contribution in [3.63, 3.8) is 0 Å². The van der Waals surface area contributed by atoms with E-state index < -0.39 is 52.2 Å². The van der Waals surface area contributed by atoms with Crippen LogP contribution in [0.2, 0.25) is 0 Å². The van der Waals surface area contributed by atoms with Crippen molar-refractivity contribution < 1.29 is 46.5 Å². The minimum Gasteiger partial charge on any atom is -0.461 e. The second kappa shape index (κ2) is 14.0. The van der Waals surface area contributed by atoms with Crippen molar-refractivity contribution >= 4 is 17.9 Å². The minimum absolute atomic E-state index is 0.0351. The Morgan fingerprint density at radius 2 is 1.35 bits per heavy atom. The number of esters is 3. The van der Waals surface area contributed by atoms with Crippen molar-refractivity contribution in [2.24, 2.45) is 10.8 Å². The fraction of sp³-hybridized carbons (Fsp3) is 0.567. The summed E-state index contributed by atoms with van der Waals surface area (Å²) in [5.41, 5.74) is -4.31. The molecule has 0 spiro atoms. The fourth-order valence-electron chi connectivity index (χ4n) is 3.29. The van der Waals surface area contributed by atoms with Gasteiger partial charge < -0.3 is 18.9 Å². The lowest BCUT2D eigenvalue weighted by atomic mass is 9.92. The number of carbonyl (C=O) groups excluding carboxylic acids is 3. The topological polar surface area (TPSA) is 88.1 Å². The molecule has 0 radical (unpaired) electrons. The first-order valence-corrected chi connectivity index (χ1v) is 12.8. The molecule has 7 nitrogen and oxygen atoms in total. The number of carbonyl (C=O) groups is 3. The van der Waals surface area contributed by atoms with Crippen LogP contribution in [0.4, 0.5) is 13.2 Å². The van der Waals surface area contributed by atoms with Crippen molar-refractivity contribution in [3.05, 3.63) is 59.2 Å². The Morgan fingerprint density at radius 1 is 0.825 bits per heavy atom. The SMILES string of the molecule is CO[C@@](C(=O)O[C@H](C/C=C(\C)COC(=O)C(C)(C)C)/C(C)=C/COC(=O)C(C)(C)C)(c1ccccc1)C(F)(F)F. The van der Waals surface area contributed by atoms with E-state index in [0.29, 0.717) is 11.1 Å². The van der Waals surface area contributed by atoms with Crippen LogP contribution in [-0.2, 0) is 38.9 Å². The monoisotopic (exact) mass is 570 g/mol.